The zero-order chi connectivity index (χ0) is 13.3. The van der Waals surface area contributed by atoms with Crippen LogP contribution in [0.15, 0.2) is 40.9 Å². The Morgan fingerprint density at radius 3 is 2.56 bits per heavy atom. The number of carbonyl (C=O) groups excluding carboxylic acids is 1. The molecular weight excluding hydrogens is 342 g/mol. The Hall–Kier alpha value is -0.900. The monoisotopic (exact) mass is 346 g/mol. The smallest absolute Gasteiger partial charge is 0.196 e. The fourth-order valence-electron chi connectivity index (χ4n) is 1.49. The van der Waals surface area contributed by atoms with Gasteiger partial charge in [-0.15, -0.1) is 0 Å². The molecule has 0 atom stereocenters. The van der Waals surface area contributed by atoms with Crippen LogP contribution in [0.4, 0.5) is 4.39 Å². The summed E-state index contributed by atoms with van der Waals surface area (Å²) < 4.78 is 14.3. The largest absolute Gasteiger partial charge is 0.288 e. The second-order valence-corrected chi connectivity index (χ2v) is 5.23. The minimum Gasteiger partial charge on any atom is -0.288 e. The lowest BCUT2D eigenvalue weighted by molar-refractivity contribution is 0.103. The van der Waals surface area contributed by atoms with E-state index >= 15 is 0 Å². The maximum absolute atomic E-state index is 13.9. The van der Waals surface area contributed by atoms with Crippen molar-refractivity contribution in [1.29, 1.82) is 0 Å². The quantitative estimate of drug-likeness (QED) is 0.544. The molecule has 0 fully saturated rings. The molecule has 0 amide bonds. The lowest BCUT2D eigenvalue weighted by atomic mass is 10.0. The van der Waals surface area contributed by atoms with Gasteiger partial charge >= 0.3 is 0 Å². The van der Waals surface area contributed by atoms with Crippen LogP contribution in [0.5, 0.6) is 0 Å². The summed E-state index contributed by atoms with van der Waals surface area (Å²) in [5.41, 5.74) is 0.241. The summed E-state index contributed by atoms with van der Waals surface area (Å²) in [5, 5.41) is 0.312. The van der Waals surface area contributed by atoms with E-state index in [9.17, 15) is 9.18 Å². The lowest BCUT2D eigenvalue weighted by Crippen LogP contribution is -2.04. The first-order chi connectivity index (χ1) is 8.50. The first-order valence-corrected chi connectivity index (χ1v) is 6.49. The number of hydrogen-bond donors (Lipinski definition) is 0. The Kier molecular flexibility index (Phi) is 4.05. The average molecular weight is 348 g/mol. The molecule has 0 spiro atoms. The van der Waals surface area contributed by atoms with Crippen LogP contribution in [-0.2, 0) is 0 Å². The van der Waals surface area contributed by atoms with Crippen molar-refractivity contribution in [3.8, 4) is 0 Å². The Labute approximate surface area is 122 Å². The molecule has 0 aliphatic carbocycles. The zero-order valence-electron chi connectivity index (χ0n) is 8.88. The Morgan fingerprint density at radius 2 is 1.89 bits per heavy atom. The fraction of sp³-hybridized carbons (Fsp3) is 0. The van der Waals surface area contributed by atoms with E-state index in [2.05, 4.69) is 15.9 Å². The predicted molar refractivity (Wildman–Crippen MR) is 74.0 cm³/mol. The fourth-order valence-corrected chi connectivity index (χ4v) is 2.15. The summed E-state index contributed by atoms with van der Waals surface area (Å²) in [6.07, 6.45) is 0. The summed E-state index contributed by atoms with van der Waals surface area (Å²) >= 11 is 14.6. The van der Waals surface area contributed by atoms with Gasteiger partial charge in [0.2, 0.25) is 0 Å². The molecular formula is C13H6BrCl2FO. The molecule has 0 saturated heterocycles. The normalized spacial score (nSPS) is 10.4. The number of halogens is 4. The topological polar surface area (TPSA) is 17.1 Å². The second-order valence-electron chi connectivity index (χ2n) is 3.56. The number of benzene rings is 2. The van der Waals surface area contributed by atoms with Crippen LogP contribution in [0.1, 0.15) is 15.9 Å². The molecule has 2 aromatic carbocycles. The summed E-state index contributed by atoms with van der Waals surface area (Å²) in [6.45, 7) is 0. The van der Waals surface area contributed by atoms with Gasteiger partial charge < -0.3 is 0 Å². The first-order valence-electron chi connectivity index (χ1n) is 4.94. The SMILES string of the molecule is O=C(c1cccc(Cl)c1)c1ccc(Br)c(Cl)c1F. The van der Waals surface area contributed by atoms with E-state index in [1.807, 2.05) is 0 Å². The van der Waals surface area contributed by atoms with E-state index in [4.69, 9.17) is 23.2 Å². The molecule has 5 heteroatoms. The molecule has 1 nitrogen and oxygen atoms in total. The highest BCUT2D eigenvalue weighted by Crippen LogP contribution is 2.29. The minimum absolute atomic E-state index is 0.0783. The van der Waals surface area contributed by atoms with Gasteiger partial charge in [-0.1, -0.05) is 35.3 Å². The molecule has 2 aromatic rings. The van der Waals surface area contributed by atoms with E-state index in [0.29, 0.717) is 15.1 Å². The highest BCUT2D eigenvalue weighted by atomic mass is 79.9. The second kappa shape index (κ2) is 5.39. The van der Waals surface area contributed by atoms with E-state index < -0.39 is 11.6 Å². The Morgan fingerprint density at radius 1 is 1.17 bits per heavy atom. The highest BCUT2D eigenvalue weighted by Gasteiger charge is 2.18. The molecule has 0 aliphatic heterocycles. The molecule has 92 valence electrons. The van der Waals surface area contributed by atoms with Crippen molar-refractivity contribution >= 4 is 44.9 Å². The van der Waals surface area contributed by atoms with E-state index in [0.717, 1.165) is 0 Å². The average Bonchev–Trinajstić information content (AvgIpc) is 2.35. The third-order valence-electron chi connectivity index (χ3n) is 2.37. The molecule has 2 rings (SSSR count). The highest BCUT2D eigenvalue weighted by molar-refractivity contribution is 9.10. The van der Waals surface area contributed by atoms with Gasteiger partial charge in [-0.2, -0.15) is 0 Å². The van der Waals surface area contributed by atoms with Crippen LogP contribution in [0.3, 0.4) is 0 Å². The predicted octanol–water partition coefficient (Wildman–Crippen LogP) is 5.13. The van der Waals surface area contributed by atoms with E-state index in [1.165, 1.54) is 18.2 Å². The third kappa shape index (κ3) is 2.58. The number of rotatable bonds is 2. The maximum Gasteiger partial charge on any atom is 0.196 e. The number of ketones is 1. The van der Waals surface area contributed by atoms with Gasteiger partial charge in [0, 0.05) is 15.1 Å². The number of hydrogen-bond acceptors (Lipinski definition) is 1. The third-order valence-corrected chi connectivity index (χ3v) is 3.86. The molecule has 0 heterocycles. The molecule has 18 heavy (non-hydrogen) atoms. The van der Waals surface area contributed by atoms with Gasteiger partial charge in [0.05, 0.1) is 10.6 Å². The van der Waals surface area contributed by atoms with Crippen molar-refractivity contribution in [2.45, 2.75) is 0 Å². The van der Waals surface area contributed by atoms with Gasteiger partial charge in [0.25, 0.3) is 0 Å². The van der Waals surface area contributed by atoms with Crippen molar-refractivity contribution in [3.63, 3.8) is 0 Å². The van der Waals surface area contributed by atoms with Crippen LogP contribution >= 0.6 is 39.1 Å². The van der Waals surface area contributed by atoms with Gasteiger partial charge in [-0.05, 0) is 40.2 Å². The molecule has 0 N–H and O–H groups in total. The van der Waals surface area contributed by atoms with Gasteiger partial charge in [0.15, 0.2) is 11.6 Å². The van der Waals surface area contributed by atoms with E-state index in [-0.39, 0.29) is 10.6 Å². The summed E-state index contributed by atoms with van der Waals surface area (Å²) in [4.78, 5) is 12.1. The lowest BCUT2D eigenvalue weighted by Gasteiger charge is -2.05. The summed E-state index contributed by atoms with van der Waals surface area (Å²) in [6, 6.07) is 9.25. The van der Waals surface area contributed by atoms with Gasteiger partial charge in [0.1, 0.15) is 0 Å². The van der Waals surface area contributed by atoms with Crippen LogP contribution in [0.2, 0.25) is 10.0 Å². The molecule has 0 saturated carbocycles. The van der Waals surface area contributed by atoms with Gasteiger partial charge in [-0.3, -0.25) is 4.79 Å². The van der Waals surface area contributed by atoms with E-state index in [1.54, 1.807) is 18.2 Å². The standard InChI is InChI=1S/C13H6BrCl2FO/c14-10-5-4-9(12(17)11(10)16)13(18)7-2-1-3-8(15)6-7/h1-6H. The molecule has 0 bridgehead atoms. The Bertz CT molecular complexity index is 628. The van der Waals surface area contributed by atoms with Crippen molar-refractivity contribution in [2.24, 2.45) is 0 Å². The van der Waals surface area contributed by atoms with Crippen molar-refractivity contribution < 1.29 is 9.18 Å². The number of carbonyl (C=O) groups is 1. The summed E-state index contributed by atoms with van der Waals surface area (Å²) in [7, 11) is 0. The van der Waals surface area contributed by atoms with Crippen molar-refractivity contribution in [2.75, 3.05) is 0 Å². The maximum atomic E-state index is 13.9. The van der Waals surface area contributed by atoms with Gasteiger partial charge in [-0.25, -0.2) is 4.39 Å². The van der Waals surface area contributed by atoms with Crippen LogP contribution < -0.4 is 0 Å². The molecule has 0 aliphatic rings. The Balaban J connectivity index is 2.50. The first kappa shape index (κ1) is 13.5. The summed E-state index contributed by atoms with van der Waals surface area (Å²) in [5.74, 6) is -1.19. The van der Waals surface area contributed by atoms with Crippen molar-refractivity contribution in [1.82, 2.24) is 0 Å². The zero-order valence-corrected chi connectivity index (χ0v) is 12.0. The molecule has 0 aromatic heterocycles. The molecule has 0 unspecified atom stereocenters. The van der Waals surface area contributed by atoms with Crippen LogP contribution in [-0.4, -0.2) is 5.78 Å². The molecule has 0 radical (unpaired) electrons. The van der Waals surface area contributed by atoms with Crippen molar-refractivity contribution in [3.05, 3.63) is 67.9 Å². The van der Waals surface area contributed by atoms with Crippen LogP contribution in [0.25, 0.3) is 0 Å². The van der Waals surface area contributed by atoms with Crippen LogP contribution in [0, 0.1) is 5.82 Å². The minimum atomic E-state index is -0.740.